The third kappa shape index (κ3) is 1350. The first-order valence-electron chi connectivity index (χ1n) is 1.48. The molecule has 0 amide bonds. The van der Waals surface area contributed by atoms with E-state index >= 15 is 0 Å². The van der Waals surface area contributed by atoms with E-state index in [1.54, 1.807) is 0 Å². The van der Waals surface area contributed by atoms with Gasteiger partial charge in [0.1, 0.15) is 0 Å². The maximum Gasteiger partial charge on any atom is 0 e. The predicted octanol–water partition coefficient (Wildman–Crippen LogP) is -2.29. The normalized spacial score (nSPS) is 10.6. The van der Waals surface area contributed by atoms with Gasteiger partial charge in [0, 0.05) is 19.5 Å². The summed E-state index contributed by atoms with van der Waals surface area (Å²) in [5, 5.41) is 0. The maximum absolute atomic E-state index is 8.88. The molecule has 0 bridgehead atoms. The van der Waals surface area contributed by atoms with Crippen molar-refractivity contribution in [2.24, 2.45) is 0 Å². The molecule has 0 atom stereocenters. The fraction of sp³-hybridized carbons (Fsp3) is 0. The summed E-state index contributed by atoms with van der Waals surface area (Å²) in [6, 6.07) is 0. The fourth-order valence-corrected chi connectivity index (χ4v) is 0. The molecule has 0 aromatic heterocycles. The molecule has 5 N–H and O–H groups in total. The van der Waals surface area contributed by atoms with E-state index in [1.165, 1.54) is 0 Å². The van der Waals surface area contributed by atoms with Crippen LogP contribution in [0.15, 0.2) is 0 Å². The quantitative estimate of drug-likeness (QED) is 0.246. The SMILES string of the molecule is O=P(O)(O)O.[O]=[Cr](=[O])([OH])[OH].[Zn]. The first kappa shape index (κ1) is 17.8. The molecule has 0 radical (unpaired) electrons. The Labute approximate surface area is 76.3 Å². The van der Waals surface area contributed by atoms with Gasteiger partial charge in [0.25, 0.3) is 0 Å². The Hall–Kier alpha value is 0.786. The zero-order valence-electron chi connectivity index (χ0n) is 5.02. The van der Waals surface area contributed by atoms with Gasteiger partial charge >= 0.3 is 37.4 Å². The molecule has 66 valence electrons. The molecule has 0 fully saturated rings. The molecular weight excluding hydrogens is 276 g/mol. The molecule has 0 aromatic carbocycles. The summed E-state index contributed by atoms with van der Waals surface area (Å²) in [5.74, 6) is 0. The van der Waals surface area contributed by atoms with Crippen molar-refractivity contribution in [3.8, 4) is 0 Å². The second-order valence-electron chi connectivity index (χ2n) is 0.961. The van der Waals surface area contributed by atoms with Crippen molar-refractivity contribution >= 4 is 7.82 Å². The molecule has 0 aromatic rings. The van der Waals surface area contributed by atoms with Crippen molar-refractivity contribution in [2.45, 2.75) is 0 Å². The molecule has 0 spiro atoms. The Kier molecular flexibility index (Phi) is 10.2. The minimum Gasteiger partial charge on any atom is 0 e. The first-order valence-corrected chi connectivity index (χ1v) is 5.23. The van der Waals surface area contributed by atoms with Gasteiger partial charge in [-0.3, -0.25) is 0 Å². The summed E-state index contributed by atoms with van der Waals surface area (Å²) >= 11 is -5.25. The Morgan fingerprint density at radius 3 is 1.00 bits per heavy atom. The number of rotatable bonds is 0. The van der Waals surface area contributed by atoms with E-state index in [0.29, 0.717) is 0 Å². The van der Waals surface area contributed by atoms with Gasteiger partial charge in [0.2, 0.25) is 0 Å². The van der Waals surface area contributed by atoms with E-state index in [-0.39, 0.29) is 19.5 Å². The molecule has 0 aliphatic carbocycles. The van der Waals surface area contributed by atoms with Crippen LogP contribution in [0.25, 0.3) is 0 Å². The number of phosphoric acid groups is 1. The Morgan fingerprint density at radius 2 is 1.00 bits per heavy atom. The third-order valence-corrected chi connectivity index (χ3v) is 0. The molecule has 0 saturated heterocycles. The molecule has 8 nitrogen and oxygen atoms in total. The van der Waals surface area contributed by atoms with Crippen LogP contribution in [0.5, 0.6) is 0 Å². The van der Waals surface area contributed by atoms with Gasteiger partial charge in [-0.1, -0.05) is 0 Å². The van der Waals surface area contributed by atoms with Crippen molar-refractivity contribution in [1.29, 1.82) is 0 Å². The van der Waals surface area contributed by atoms with Gasteiger partial charge in [0.15, 0.2) is 0 Å². The third-order valence-electron chi connectivity index (χ3n) is 0. The molecule has 0 unspecified atom stereocenters. The minimum atomic E-state index is -5.25. The second kappa shape index (κ2) is 6.32. The van der Waals surface area contributed by atoms with Crippen LogP contribution in [0.1, 0.15) is 0 Å². The summed E-state index contributed by atoms with van der Waals surface area (Å²) < 4.78 is 40.8. The van der Waals surface area contributed by atoms with E-state index in [4.69, 9.17) is 35.2 Å². The van der Waals surface area contributed by atoms with Gasteiger partial charge in [-0.25, -0.2) is 4.57 Å². The second-order valence-corrected chi connectivity index (χ2v) is 3.39. The first-order chi connectivity index (χ1) is 4.00. The Morgan fingerprint density at radius 1 is 1.00 bits per heavy atom. The van der Waals surface area contributed by atoms with Crippen LogP contribution in [-0.4, -0.2) is 23.0 Å². The zero-order valence-corrected chi connectivity index (χ0v) is 10.2. The molecular formula is H5CrO8PZn. The average molecular weight is 281 g/mol. The van der Waals surface area contributed by atoms with Gasteiger partial charge in [-0.15, -0.1) is 0 Å². The van der Waals surface area contributed by atoms with Crippen molar-refractivity contribution in [1.82, 2.24) is 0 Å². The standard InChI is InChI=1S/Cr.H3O4P.2H2O.2O.Zn/c;1-5(2,3)4;;;;;/h;(H3,1,2,3,4);2*1H2;;;/q+2;;;;;;/p-2. The van der Waals surface area contributed by atoms with E-state index in [9.17, 15) is 0 Å². The predicted molar refractivity (Wildman–Crippen MR) is 20.1 cm³/mol. The van der Waals surface area contributed by atoms with E-state index < -0.39 is 21.4 Å². The van der Waals surface area contributed by atoms with Crippen LogP contribution in [0.4, 0.5) is 0 Å². The molecule has 0 saturated carbocycles. The molecule has 0 aliphatic heterocycles. The van der Waals surface area contributed by atoms with Crippen LogP contribution < -0.4 is 0 Å². The maximum atomic E-state index is 8.88. The largest absolute Gasteiger partial charge is 0 e. The van der Waals surface area contributed by atoms with Crippen molar-refractivity contribution in [3.05, 3.63) is 0 Å². The summed E-state index contributed by atoms with van der Waals surface area (Å²) in [4.78, 5) is 21.6. The van der Waals surface area contributed by atoms with Crippen LogP contribution in [0, 0.1) is 0 Å². The average Bonchev–Trinajstić information content (AvgIpc) is 1.12. The van der Waals surface area contributed by atoms with Gasteiger partial charge < -0.3 is 14.7 Å². The number of hydrogen-bond donors (Lipinski definition) is 5. The van der Waals surface area contributed by atoms with E-state index in [2.05, 4.69) is 0 Å². The van der Waals surface area contributed by atoms with Crippen LogP contribution in [0.3, 0.4) is 0 Å². The van der Waals surface area contributed by atoms with Crippen molar-refractivity contribution in [3.63, 3.8) is 0 Å². The summed E-state index contributed by atoms with van der Waals surface area (Å²) in [5.41, 5.74) is 0. The molecule has 11 heteroatoms. The van der Waals surface area contributed by atoms with Crippen LogP contribution in [-0.2, 0) is 45.3 Å². The molecule has 0 heterocycles. The Balaban J connectivity index is -0.000000107. The Bertz CT molecular complexity index is 192. The van der Waals surface area contributed by atoms with E-state index in [1.807, 2.05) is 0 Å². The van der Waals surface area contributed by atoms with Gasteiger partial charge in [-0.05, 0) is 0 Å². The van der Waals surface area contributed by atoms with Crippen molar-refractivity contribution in [2.75, 3.05) is 0 Å². The summed E-state index contributed by atoms with van der Waals surface area (Å²) in [6.45, 7) is 0. The molecule has 11 heavy (non-hydrogen) atoms. The molecule has 0 aliphatic rings. The minimum absolute atomic E-state index is 0. The van der Waals surface area contributed by atoms with Crippen LogP contribution >= 0.6 is 7.82 Å². The van der Waals surface area contributed by atoms with Gasteiger partial charge in [-0.2, -0.15) is 0 Å². The smallest absolute Gasteiger partial charge is 0 e. The van der Waals surface area contributed by atoms with Crippen LogP contribution in [0.2, 0.25) is 0 Å². The topological polar surface area (TPSA) is 152 Å². The van der Waals surface area contributed by atoms with Gasteiger partial charge in [0.05, 0.1) is 0 Å². The monoisotopic (exact) mass is 280 g/mol. The molecule has 0 rings (SSSR count). The zero-order chi connectivity index (χ0) is 9.00. The number of hydrogen-bond acceptors (Lipinski definition) is 3. The van der Waals surface area contributed by atoms with Crippen molar-refractivity contribution < 1.29 is 68.3 Å². The van der Waals surface area contributed by atoms with E-state index in [0.717, 1.165) is 0 Å². The summed E-state index contributed by atoms with van der Waals surface area (Å²) in [6.07, 6.45) is 0. The summed E-state index contributed by atoms with van der Waals surface area (Å²) in [7, 11) is -4.64. The fourth-order valence-electron chi connectivity index (χ4n) is 0.